The van der Waals surface area contributed by atoms with Gasteiger partial charge in [0.05, 0.1) is 6.07 Å². The second-order valence-electron chi connectivity index (χ2n) is 5.16. The predicted molar refractivity (Wildman–Crippen MR) is 61.1 cm³/mol. The quantitative estimate of drug-likeness (QED) is 0.715. The zero-order valence-electron chi connectivity index (χ0n) is 10.5. The van der Waals surface area contributed by atoms with E-state index in [1.54, 1.807) is 11.9 Å². The molecule has 3 heteroatoms. The summed E-state index contributed by atoms with van der Waals surface area (Å²) in [6, 6.07) is 2.04. The van der Waals surface area contributed by atoms with Crippen LogP contribution in [-0.2, 0) is 4.79 Å². The number of rotatable bonds is 4. The number of amides is 1. The van der Waals surface area contributed by atoms with E-state index in [-0.39, 0.29) is 11.3 Å². The molecular weight excluding hydrogens is 188 g/mol. The Morgan fingerprint density at radius 3 is 2.33 bits per heavy atom. The normalized spacial score (nSPS) is 13.1. The molecule has 1 unspecified atom stereocenters. The number of nitriles is 1. The van der Waals surface area contributed by atoms with Gasteiger partial charge in [-0.25, -0.2) is 0 Å². The fraction of sp³-hybridized carbons (Fsp3) is 0.833. The Balaban J connectivity index is 4.17. The third-order valence-electron chi connectivity index (χ3n) is 2.44. The van der Waals surface area contributed by atoms with Crippen molar-refractivity contribution >= 4 is 5.91 Å². The van der Waals surface area contributed by atoms with Crippen molar-refractivity contribution < 1.29 is 4.79 Å². The van der Waals surface area contributed by atoms with Gasteiger partial charge >= 0.3 is 0 Å². The molecule has 0 aromatic carbocycles. The number of carbonyl (C=O) groups excluding carboxylic acids is 1. The Kier molecular flexibility index (Phi) is 5.35. The molecule has 0 saturated heterocycles. The molecular formula is C12H22N2O. The summed E-state index contributed by atoms with van der Waals surface area (Å²) in [6.45, 7) is 9.02. The van der Waals surface area contributed by atoms with Crippen LogP contribution in [0.15, 0.2) is 0 Å². The van der Waals surface area contributed by atoms with Crippen molar-refractivity contribution in [2.24, 2.45) is 11.3 Å². The summed E-state index contributed by atoms with van der Waals surface area (Å²) in [5.41, 5.74) is 0.225. The summed E-state index contributed by atoms with van der Waals surface area (Å²) in [7, 11) is 1.77. The predicted octanol–water partition coefficient (Wildman–Crippen LogP) is 2.43. The molecule has 0 heterocycles. The molecule has 0 aliphatic heterocycles. The lowest BCUT2D eigenvalue weighted by Crippen LogP contribution is -2.34. The molecule has 0 aromatic rings. The third-order valence-corrected chi connectivity index (χ3v) is 2.44. The van der Waals surface area contributed by atoms with E-state index in [1.807, 2.05) is 13.0 Å². The highest BCUT2D eigenvalue weighted by Crippen LogP contribution is 2.19. The largest absolute Gasteiger partial charge is 0.345 e. The van der Waals surface area contributed by atoms with E-state index < -0.39 is 5.92 Å². The molecule has 0 spiro atoms. The van der Waals surface area contributed by atoms with E-state index in [9.17, 15) is 4.79 Å². The molecule has 15 heavy (non-hydrogen) atoms. The van der Waals surface area contributed by atoms with Crippen LogP contribution in [-0.4, -0.2) is 24.4 Å². The number of carbonyl (C=O) groups is 1. The van der Waals surface area contributed by atoms with Gasteiger partial charge in [-0.05, 0) is 18.3 Å². The first-order valence-electron chi connectivity index (χ1n) is 5.46. The van der Waals surface area contributed by atoms with E-state index in [1.165, 1.54) is 0 Å². The molecule has 0 bridgehead atoms. The average molecular weight is 210 g/mol. The first-order valence-corrected chi connectivity index (χ1v) is 5.46. The highest BCUT2D eigenvalue weighted by atomic mass is 16.2. The molecule has 0 fully saturated rings. The summed E-state index contributed by atoms with van der Waals surface area (Å²) in [4.78, 5) is 13.4. The Bertz CT molecular complexity index is 247. The highest BCUT2D eigenvalue weighted by Gasteiger charge is 2.21. The Morgan fingerprint density at radius 1 is 1.47 bits per heavy atom. The van der Waals surface area contributed by atoms with Crippen molar-refractivity contribution in [3.8, 4) is 6.07 Å². The second-order valence-corrected chi connectivity index (χ2v) is 5.16. The highest BCUT2D eigenvalue weighted by molar-refractivity contribution is 5.80. The minimum absolute atomic E-state index is 0.0516. The van der Waals surface area contributed by atoms with Gasteiger partial charge in [0.2, 0.25) is 5.91 Å². The van der Waals surface area contributed by atoms with Crippen LogP contribution in [0.25, 0.3) is 0 Å². The first kappa shape index (κ1) is 14.0. The molecule has 86 valence electrons. The monoisotopic (exact) mass is 210 g/mol. The minimum Gasteiger partial charge on any atom is -0.345 e. The summed E-state index contributed by atoms with van der Waals surface area (Å²) in [5.74, 6) is -0.529. The van der Waals surface area contributed by atoms with Gasteiger partial charge in [-0.15, -0.1) is 0 Å². The lowest BCUT2D eigenvalue weighted by atomic mass is 9.92. The lowest BCUT2D eigenvalue weighted by Gasteiger charge is -2.24. The Labute approximate surface area is 93.1 Å². The van der Waals surface area contributed by atoms with Crippen LogP contribution >= 0.6 is 0 Å². The molecule has 3 nitrogen and oxygen atoms in total. The van der Waals surface area contributed by atoms with Crippen LogP contribution in [0.1, 0.15) is 40.5 Å². The van der Waals surface area contributed by atoms with Crippen LogP contribution in [0.4, 0.5) is 0 Å². The van der Waals surface area contributed by atoms with Crippen LogP contribution in [0, 0.1) is 22.7 Å². The Morgan fingerprint density at radius 2 is 2.00 bits per heavy atom. The average Bonchev–Trinajstić information content (AvgIpc) is 2.14. The van der Waals surface area contributed by atoms with E-state index in [0.717, 1.165) is 13.0 Å². The molecule has 0 aliphatic rings. The van der Waals surface area contributed by atoms with E-state index >= 15 is 0 Å². The van der Waals surface area contributed by atoms with Crippen LogP contribution < -0.4 is 0 Å². The summed E-state index contributed by atoms with van der Waals surface area (Å²) in [6.07, 6.45) is 1.55. The fourth-order valence-corrected chi connectivity index (χ4v) is 1.20. The molecule has 0 N–H and O–H groups in total. The molecule has 0 rings (SSSR count). The molecule has 0 radical (unpaired) electrons. The molecule has 1 amide bonds. The van der Waals surface area contributed by atoms with Gasteiger partial charge < -0.3 is 4.90 Å². The molecule has 0 saturated carbocycles. The lowest BCUT2D eigenvalue weighted by molar-refractivity contribution is -0.132. The molecule has 0 aliphatic carbocycles. The van der Waals surface area contributed by atoms with E-state index in [2.05, 4.69) is 20.8 Å². The van der Waals surface area contributed by atoms with Gasteiger partial charge in [0.15, 0.2) is 0 Å². The SMILES string of the molecule is CCC(C#N)C(=O)N(C)CCC(C)(C)C. The zero-order chi connectivity index (χ0) is 12.1. The van der Waals surface area contributed by atoms with Crippen molar-refractivity contribution in [2.75, 3.05) is 13.6 Å². The second kappa shape index (κ2) is 5.75. The van der Waals surface area contributed by atoms with Gasteiger partial charge in [-0.2, -0.15) is 5.26 Å². The van der Waals surface area contributed by atoms with Crippen LogP contribution in [0.5, 0.6) is 0 Å². The van der Waals surface area contributed by atoms with Crippen molar-refractivity contribution in [1.29, 1.82) is 5.26 Å². The molecule has 1 atom stereocenters. The number of hydrogen-bond donors (Lipinski definition) is 0. The van der Waals surface area contributed by atoms with Crippen LogP contribution in [0.3, 0.4) is 0 Å². The van der Waals surface area contributed by atoms with Crippen molar-refractivity contribution in [1.82, 2.24) is 4.90 Å². The fourth-order valence-electron chi connectivity index (χ4n) is 1.20. The maximum Gasteiger partial charge on any atom is 0.239 e. The third kappa shape index (κ3) is 5.41. The van der Waals surface area contributed by atoms with Gasteiger partial charge in [0.25, 0.3) is 0 Å². The number of nitrogens with zero attached hydrogens (tertiary/aromatic N) is 2. The summed E-state index contributed by atoms with van der Waals surface area (Å²) in [5, 5.41) is 8.78. The standard InChI is InChI=1S/C12H22N2O/c1-6-10(9-13)11(15)14(5)8-7-12(2,3)4/h10H,6-8H2,1-5H3. The molecule has 0 aromatic heterocycles. The van der Waals surface area contributed by atoms with Crippen LogP contribution in [0.2, 0.25) is 0 Å². The van der Waals surface area contributed by atoms with Gasteiger partial charge in [0.1, 0.15) is 5.92 Å². The summed E-state index contributed by atoms with van der Waals surface area (Å²) < 4.78 is 0. The summed E-state index contributed by atoms with van der Waals surface area (Å²) >= 11 is 0. The van der Waals surface area contributed by atoms with Crippen molar-refractivity contribution in [3.63, 3.8) is 0 Å². The van der Waals surface area contributed by atoms with E-state index in [0.29, 0.717) is 6.42 Å². The minimum atomic E-state index is -0.477. The van der Waals surface area contributed by atoms with Crippen molar-refractivity contribution in [2.45, 2.75) is 40.5 Å². The van der Waals surface area contributed by atoms with Gasteiger partial charge in [-0.1, -0.05) is 27.7 Å². The smallest absolute Gasteiger partial charge is 0.239 e. The number of hydrogen-bond acceptors (Lipinski definition) is 2. The van der Waals surface area contributed by atoms with E-state index in [4.69, 9.17) is 5.26 Å². The maximum atomic E-state index is 11.7. The Hall–Kier alpha value is -1.04. The topological polar surface area (TPSA) is 44.1 Å². The first-order chi connectivity index (χ1) is 6.81. The van der Waals surface area contributed by atoms with Gasteiger partial charge in [-0.3, -0.25) is 4.79 Å². The zero-order valence-corrected chi connectivity index (χ0v) is 10.5. The van der Waals surface area contributed by atoms with Gasteiger partial charge in [0, 0.05) is 13.6 Å². The maximum absolute atomic E-state index is 11.7. The van der Waals surface area contributed by atoms with Crippen molar-refractivity contribution in [3.05, 3.63) is 0 Å².